The minimum atomic E-state index is -4.02. The molecule has 6 nitrogen and oxygen atoms in total. The van der Waals surface area contributed by atoms with E-state index >= 15 is 0 Å². The van der Waals surface area contributed by atoms with E-state index in [1.807, 2.05) is 0 Å². The predicted octanol–water partition coefficient (Wildman–Crippen LogP) is 1.58. The summed E-state index contributed by atoms with van der Waals surface area (Å²) in [7, 11) is -2.95. The molecule has 0 spiro atoms. The van der Waals surface area contributed by atoms with Gasteiger partial charge in [0.25, 0.3) is 0 Å². The van der Waals surface area contributed by atoms with Crippen LogP contribution in [0.15, 0.2) is 23.1 Å². The standard InChI is InChI=1S/C14H19FN2O4S.ClH/c1-21-14(18)13-11(15)3-2-4-12(13)22(19,20)17-10-7-5-9(16)6-8-10;/h2-4,9-10,17H,5-8,16H2,1H3;1H. The molecule has 23 heavy (non-hydrogen) atoms. The Morgan fingerprint density at radius 1 is 1.30 bits per heavy atom. The molecule has 0 aromatic heterocycles. The fourth-order valence-corrected chi connectivity index (χ4v) is 4.06. The van der Waals surface area contributed by atoms with Crippen molar-refractivity contribution in [2.75, 3.05) is 7.11 Å². The van der Waals surface area contributed by atoms with Gasteiger partial charge in [0.2, 0.25) is 10.0 Å². The van der Waals surface area contributed by atoms with Crippen LogP contribution in [0.25, 0.3) is 0 Å². The topological polar surface area (TPSA) is 98.5 Å². The predicted molar refractivity (Wildman–Crippen MR) is 85.5 cm³/mol. The average Bonchev–Trinajstić information content (AvgIpc) is 2.48. The highest BCUT2D eigenvalue weighted by Crippen LogP contribution is 2.23. The number of esters is 1. The Bertz CT molecular complexity index is 661. The van der Waals surface area contributed by atoms with Gasteiger partial charge in [-0.25, -0.2) is 22.3 Å². The third kappa shape index (κ3) is 4.63. The first-order chi connectivity index (χ1) is 10.3. The SMILES string of the molecule is COC(=O)c1c(F)cccc1S(=O)(=O)NC1CCC(N)CC1.Cl. The Morgan fingerprint density at radius 3 is 2.48 bits per heavy atom. The fraction of sp³-hybridized carbons (Fsp3) is 0.500. The third-order valence-electron chi connectivity index (χ3n) is 3.75. The smallest absolute Gasteiger partial charge is 0.342 e. The van der Waals surface area contributed by atoms with Gasteiger partial charge in [-0.1, -0.05) is 6.07 Å². The van der Waals surface area contributed by atoms with Crippen LogP contribution >= 0.6 is 12.4 Å². The van der Waals surface area contributed by atoms with Gasteiger partial charge < -0.3 is 10.5 Å². The monoisotopic (exact) mass is 366 g/mol. The second-order valence-corrected chi connectivity index (χ2v) is 7.02. The number of halogens is 2. The molecule has 9 heteroatoms. The Labute approximate surface area is 141 Å². The van der Waals surface area contributed by atoms with Crippen LogP contribution in [0.1, 0.15) is 36.0 Å². The highest BCUT2D eigenvalue weighted by Gasteiger charge is 2.29. The summed E-state index contributed by atoms with van der Waals surface area (Å²) in [6.07, 6.45) is 2.67. The zero-order chi connectivity index (χ0) is 16.3. The Balaban J connectivity index is 0.00000264. The zero-order valence-electron chi connectivity index (χ0n) is 12.6. The molecule has 0 saturated heterocycles. The quantitative estimate of drug-likeness (QED) is 0.788. The van der Waals surface area contributed by atoms with Crippen LogP contribution < -0.4 is 10.5 Å². The molecule has 1 aliphatic carbocycles. The summed E-state index contributed by atoms with van der Waals surface area (Å²) in [4.78, 5) is 11.3. The number of carbonyl (C=O) groups is 1. The molecular formula is C14H20ClFN2O4S. The van der Waals surface area contributed by atoms with Crippen LogP contribution in [0.5, 0.6) is 0 Å². The largest absolute Gasteiger partial charge is 0.465 e. The minimum absolute atomic E-state index is 0. The molecule has 3 N–H and O–H groups in total. The summed E-state index contributed by atoms with van der Waals surface area (Å²) in [6.45, 7) is 0. The summed E-state index contributed by atoms with van der Waals surface area (Å²) < 4.78 is 45.7. The number of nitrogens with two attached hydrogens (primary N) is 1. The lowest BCUT2D eigenvalue weighted by molar-refractivity contribution is 0.0590. The molecule has 0 aliphatic heterocycles. The first-order valence-corrected chi connectivity index (χ1v) is 8.48. The Kier molecular flexibility index (Phi) is 6.94. The van der Waals surface area contributed by atoms with Crippen molar-refractivity contribution in [2.45, 2.75) is 42.7 Å². The van der Waals surface area contributed by atoms with Crippen LogP contribution in [0.3, 0.4) is 0 Å². The number of ether oxygens (including phenoxy) is 1. The molecule has 0 atom stereocenters. The van der Waals surface area contributed by atoms with Crippen molar-refractivity contribution < 1.29 is 22.3 Å². The van der Waals surface area contributed by atoms with E-state index in [0.717, 1.165) is 26.0 Å². The van der Waals surface area contributed by atoms with Crippen molar-refractivity contribution in [1.29, 1.82) is 0 Å². The number of rotatable bonds is 4. The van der Waals surface area contributed by atoms with Crippen LogP contribution in [-0.4, -0.2) is 33.6 Å². The summed E-state index contributed by atoms with van der Waals surface area (Å²) in [5.74, 6) is -1.95. The van der Waals surface area contributed by atoms with Crippen molar-refractivity contribution in [2.24, 2.45) is 5.73 Å². The maximum Gasteiger partial charge on any atom is 0.342 e. The minimum Gasteiger partial charge on any atom is -0.465 e. The van der Waals surface area contributed by atoms with E-state index in [1.54, 1.807) is 0 Å². The number of methoxy groups -OCH3 is 1. The molecule has 0 radical (unpaired) electrons. The van der Waals surface area contributed by atoms with E-state index < -0.39 is 32.3 Å². The van der Waals surface area contributed by atoms with E-state index in [2.05, 4.69) is 9.46 Å². The van der Waals surface area contributed by atoms with Crippen molar-refractivity contribution in [3.05, 3.63) is 29.6 Å². The first kappa shape index (κ1) is 19.8. The van der Waals surface area contributed by atoms with Crippen LogP contribution in [0.2, 0.25) is 0 Å². The van der Waals surface area contributed by atoms with Crippen molar-refractivity contribution in [3.63, 3.8) is 0 Å². The summed E-state index contributed by atoms with van der Waals surface area (Å²) in [6, 6.07) is 3.27. The first-order valence-electron chi connectivity index (χ1n) is 7.00. The van der Waals surface area contributed by atoms with Gasteiger partial charge in [0.1, 0.15) is 11.4 Å². The number of hydrogen-bond acceptors (Lipinski definition) is 5. The second kappa shape index (κ2) is 8.05. The number of nitrogens with one attached hydrogen (secondary N) is 1. The lowest BCUT2D eigenvalue weighted by atomic mass is 9.93. The van der Waals surface area contributed by atoms with Gasteiger partial charge in [-0.15, -0.1) is 12.4 Å². The normalized spacial score (nSPS) is 21.3. The fourth-order valence-electron chi connectivity index (χ4n) is 2.55. The van der Waals surface area contributed by atoms with Gasteiger partial charge in [0, 0.05) is 12.1 Å². The maximum absolute atomic E-state index is 13.8. The van der Waals surface area contributed by atoms with E-state index in [9.17, 15) is 17.6 Å². The number of benzene rings is 1. The van der Waals surface area contributed by atoms with E-state index in [1.165, 1.54) is 12.1 Å². The molecular weight excluding hydrogens is 347 g/mol. The summed E-state index contributed by atoms with van der Waals surface area (Å²) in [5, 5.41) is 0. The Morgan fingerprint density at radius 2 is 1.91 bits per heavy atom. The summed E-state index contributed by atoms with van der Waals surface area (Å²) in [5.41, 5.74) is 5.21. The van der Waals surface area contributed by atoms with Crippen LogP contribution in [0, 0.1) is 5.82 Å². The molecule has 1 aromatic carbocycles. The molecule has 130 valence electrons. The summed E-state index contributed by atoms with van der Waals surface area (Å²) >= 11 is 0. The molecule has 1 aromatic rings. The van der Waals surface area contributed by atoms with Gasteiger partial charge in [0.05, 0.1) is 12.0 Å². The highest BCUT2D eigenvalue weighted by molar-refractivity contribution is 7.89. The van der Waals surface area contributed by atoms with Crippen LogP contribution in [0.4, 0.5) is 4.39 Å². The average molecular weight is 367 g/mol. The molecule has 1 aliphatic rings. The van der Waals surface area contributed by atoms with Crippen molar-refractivity contribution >= 4 is 28.4 Å². The molecule has 0 bridgehead atoms. The van der Waals surface area contributed by atoms with E-state index in [4.69, 9.17) is 5.73 Å². The maximum atomic E-state index is 13.8. The zero-order valence-corrected chi connectivity index (χ0v) is 14.3. The van der Waals surface area contributed by atoms with Crippen LogP contribution in [-0.2, 0) is 14.8 Å². The number of carbonyl (C=O) groups excluding carboxylic acids is 1. The third-order valence-corrected chi connectivity index (χ3v) is 5.31. The molecule has 0 unspecified atom stereocenters. The van der Waals surface area contributed by atoms with Crippen molar-refractivity contribution in [3.8, 4) is 0 Å². The lowest BCUT2D eigenvalue weighted by Crippen LogP contribution is -2.40. The van der Waals surface area contributed by atoms with Gasteiger partial charge in [-0.05, 0) is 37.8 Å². The molecule has 1 fully saturated rings. The number of hydrogen-bond donors (Lipinski definition) is 2. The number of sulfonamides is 1. The Hall–Kier alpha value is -1.22. The molecule has 2 rings (SSSR count). The van der Waals surface area contributed by atoms with Gasteiger partial charge >= 0.3 is 5.97 Å². The van der Waals surface area contributed by atoms with Gasteiger partial charge in [-0.3, -0.25) is 0 Å². The van der Waals surface area contributed by atoms with Crippen molar-refractivity contribution in [1.82, 2.24) is 4.72 Å². The van der Waals surface area contributed by atoms with E-state index in [0.29, 0.717) is 12.8 Å². The molecule has 0 amide bonds. The molecule has 0 heterocycles. The van der Waals surface area contributed by atoms with Gasteiger partial charge in [0.15, 0.2) is 0 Å². The van der Waals surface area contributed by atoms with E-state index in [-0.39, 0.29) is 24.5 Å². The highest BCUT2D eigenvalue weighted by atomic mass is 35.5. The van der Waals surface area contributed by atoms with Gasteiger partial charge in [-0.2, -0.15) is 0 Å². The lowest BCUT2D eigenvalue weighted by Gasteiger charge is -2.26. The second-order valence-electron chi connectivity index (χ2n) is 5.34. The molecule has 1 saturated carbocycles.